The fourth-order valence-corrected chi connectivity index (χ4v) is 2.55. The number of carbonyl (C=O) groups excluding carboxylic acids is 1. The molecule has 0 unspecified atom stereocenters. The van der Waals surface area contributed by atoms with E-state index >= 15 is 0 Å². The van der Waals surface area contributed by atoms with E-state index in [2.05, 4.69) is 4.98 Å². The molecule has 18 heavy (non-hydrogen) atoms. The van der Waals surface area contributed by atoms with Crippen LogP contribution >= 0.6 is 11.8 Å². The van der Waals surface area contributed by atoms with Gasteiger partial charge >= 0.3 is 0 Å². The second-order valence-electron chi connectivity index (χ2n) is 4.02. The Balaban J connectivity index is 1.97. The van der Waals surface area contributed by atoms with E-state index in [4.69, 9.17) is 5.73 Å². The van der Waals surface area contributed by atoms with Crippen molar-refractivity contribution in [3.8, 4) is 0 Å². The number of nitrogen functional groups attached to an aromatic ring is 1. The van der Waals surface area contributed by atoms with E-state index < -0.39 is 11.6 Å². The maximum absolute atomic E-state index is 13.4. The van der Waals surface area contributed by atoms with Gasteiger partial charge in [-0.3, -0.25) is 4.79 Å². The summed E-state index contributed by atoms with van der Waals surface area (Å²) in [5.41, 5.74) is 5.26. The van der Waals surface area contributed by atoms with Crippen molar-refractivity contribution in [2.24, 2.45) is 0 Å². The molecule has 0 spiro atoms. The van der Waals surface area contributed by atoms with E-state index in [1.54, 1.807) is 4.90 Å². The van der Waals surface area contributed by atoms with Crippen LogP contribution in [0, 0.1) is 11.6 Å². The lowest BCUT2D eigenvalue weighted by atomic mass is 10.4. The molecule has 2 N–H and O–H groups in total. The van der Waals surface area contributed by atoms with Crippen LogP contribution in [0.5, 0.6) is 0 Å². The van der Waals surface area contributed by atoms with Crippen LogP contribution < -0.4 is 5.73 Å². The van der Waals surface area contributed by atoms with Crippen molar-refractivity contribution in [3.05, 3.63) is 17.7 Å². The van der Waals surface area contributed by atoms with Crippen molar-refractivity contribution < 1.29 is 13.6 Å². The first-order valence-electron chi connectivity index (χ1n) is 5.60. The lowest BCUT2D eigenvalue weighted by Gasteiger charge is -2.14. The molecule has 98 valence electrons. The van der Waals surface area contributed by atoms with Crippen LogP contribution in [0.1, 0.15) is 12.8 Å². The Morgan fingerprint density at radius 2 is 2.06 bits per heavy atom. The third kappa shape index (κ3) is 2.90. The van der Waals surface area contributed by atoms with Gasteiger partial charge in [0.05, 0.1) is 5.75 Å². The van der Waals surface area contributed by atoms with Gasteiger partial charge in [-0.2, -0.15) is 0 Å². The number of nitrogens with two attached hydrogens (primary N) is 1. The van der Waals surface area contributed by atoms with Crippen molar-refractivity contribution in [1.29, 1.82) is 0 Å². The van der Waals surface area contributed by atoms with Gasteiger partial charge in [0.2, 0.25) is 5.91 Å². The molecular weight excluding hydrogens is 260 g/mol. The van der Waals surface area contributed by atoms with Gasteiger partial charge in [0, 0.05) is 19.2 Å². The molecule has 1 fully saturated rings. The topological polar surface area (TPSA) is 59.2 Å². The minimum atomic E-state index is -0.886. The smallest absolute Gasteiger partial charge is 0.232 e. The Hall–Kier alpha value is -1.37. The Kier molecular flexibility index (Phi) is 4.00. The molecule has 1 aromatic rings. The zero-order chi connectivity index (χ0) is 13.1. The number of amides is 1. The molecule has 2 heterocycles. The van der Waals surface area contributed by atoms with E-state index in [1.165, 1.54) is 0 Å². The molecule has 0 radical (unpaired) electrons. The molecule has 0 bridgehead atoms. The van der Waals surface area contributed by atoms with Crippen molar-refractivity contribution >= 4 is 23.5 Å². The highest BCUT2D eigenvalue weighted by Crippen LogP contribution is 2.23. The minimum Gasteiger partial charge on any atom is -0.381 e. The molecule has 1 amide bonds. The maximum Gasteiger partial charge on any atom is 0.232 e. The zero-order valence-corrected chi connectivity index (χ0v) is 10.5. The number of hydrogen-bond acceptors (Lipinski definition) is 4. The normalized spacial score (nSPS) is 15.1. The van der Waals surface area contributed by atoms with Crippen molar-refractivity contribution in [2.75, 3.05) is 24.6 Å². The quantitative estimate of drug-likeness (QED) is 0.851. The molecule has 1 aromatic heterocycles. The summed E-state index contributed by atoms with van der Waals surface area (Å²) in [5.74, 6) is -1.99. The first-order valence-corrected chi connectivity index (χ1v) is 6.58. The van der Waals surface area contributed by atoms with Crippen LogP contribution in [0.4, 0.5) is 14.6 Å². The number of aromatic nitrogens is 1. The Labute approximate surface area is 108 Å². The van der Waals surface area contributed by atoms with Gasteiger partial charge in [-0.1, -0.05) is 11.8 Å². The lowest BCUT2D eigenvalue weighted by Crippen LogP contribution is -2.29. The van der Waals surface area contributed by atoms with Gasteiger partial charge in [0.15, 0.2) is 17.5 Å². The summed E-state index contributed by atoms with van der Waals surface area (Å²) in [6, 6.07) is 0.686. The van der Waals surface area contributed by atoms with Gasteiger partial charge < -0.3 is 10.6 Å². The molecule has 0 aliphatic carbocycles. The second kappa shape index (κ2) is 5.51. The molecule has 1 saturated heterocycles. The van der Waals surface area contributed by atoms with E-state index in [9.17, 15) is 13.6 Å². The maximum atomic E-state index is 13.4. The van der Waals surface area contributed by atoms with Crippen molar-refractivity contribution in [2.45, 2.75) is 17.9 Å². The summed E-state index contributed by atoms with van der Waals surface area (Å²) < 4.78 is 26.2. The summed E-state index contributed by atoms with van der Waals surface area (Å²) >= 11 is 0.941. The van der Waals surface area contributed by atoms with Crippen molar-refractivity contribution in [3.63, 3.8) is 0 Å². The van der Waals surface area contributed by atoms with E-state index in [0.29, 0.717) is 6.07 Å². The molecule has 1 aliphatic rings. The van der Waals surface area contributed by atoms with Gasteiger partial charge in [0.25, 0.3) is 0 Å². The van der Waals surface area contributed by atoms with Gasteiger partial charge in [-0.05, 0) is 12.8 Å². The average molecular weight is 273 g/mol. The Morgan fingerprint density at radius 1 is 1.39 bits per heavy atom. The summed E-state index contributed by atoms with van der Waals surface area (Å²) in [5, 5.41) is -0.0403. The number of carbonyl (C=O) groups is 1. The van der Waals surface area contributed by atoms with Crippen LogP contribution in [0.25, 0.3) is 0 Å². The number of pyridine rings is 1. The number of rotatable bonds is 3. The first-order chi connectivity index (χ1) is 8.58. The zero-order valence-electron chi connectivity index (χ0n) is 9.66. The predicted molar refractivity (Wildman–Crippen MR) is 65.1 cm³/mol. The molecule has 0 saturated carbocycles. The number of hydrogen-bond donors (Lipinski definition) is 1. The second-order valence-corrected chi connectivity index (χ2v) is 4.98. The van der Waals surface area contributed by atoms with Crippen LogP contribution in [-0.4, -0.2) is 34.6 Å². The molecular formula is C11H13F2N3OS. The third-order valence-electron chi connectivity index (χ3n) is 2.72. The fraction of sp³-hybridized carbons (Fsp3) is 0.455. The largest absolute Gasteiger partial charge is 0.381 e. The molecule has 0 aromatic carbocycles. The lowest BCUT2D eigenvalue weighted by molar-refractivity contribution is -0.127. The molecule has 7 heteroatoms. The highest BCUT2D eigenvalue weighted by Gasteiger charge is 2.19. The Morgan fingerprint density at radius 3 is 2.72 bits per heavy atom. The molecule has 1 aliphatic heterocycles. The predicted octanol–water partition coefficient (Wildman–Crippen LogP) is 1.66. The standard InChI is InChI=1S/C11H13F2N3OS/c12-7-5-8(13)11(15-10(7)14)18-6-9(17)16-3-1-2-4-16/h5H,1-4,6H2,(H2,14,15). The fourth-order valence-electron chi connectivity index (χ4n) is 1.75. The number of likely N-dealkylation sites (tertiary alicyclic amines) is 1. The molecule has 0 atom stereocenters. The van der Waals surface area contributed by atoms with Crippen LogP contribution in [0.2, 0.25) is 0 Å². The van der Waals surface area contributed by atoms with Gasteiger partial charge in [0.1, 0.15) is 5.03 Å². The minimum absolute atomic E-state index is 0.0403. The average Bonchev–Trinajstić information content (AvgIpc) is 2.85. The van der Waals surface area contributed by atoms with E-state index in [1.807, 2.05) is 0 Å². The molecule has 4 nitrogen and oxygen atoms in total. The summed E-state index contributed by atoms with van der Waals surface area (Å²) in [6.45, 7) is 1.50. The third-order valence-corrected chi connectivity index (χ3v) is 3.67. The van der Waals surface area contributed by atoms with Gasteiger partial charge in [-0.25, -0.2) is 13.8 Å². The van der Waals surface area contributed by atoms with Crippen LogP contribution in [0.3, 0.4) is 0 Å². The van der Waals surface area contributed by atoms with Gasteiger partial charge in [-0.15, -0.1) is 0 Å². The number of anilines is 1. The van der Waals surface area contributed by atoms with E-state index in [0.717, 1.165) is 37.7 Å². The van der Waals surface area contributed by atoms with Crippen LogP contribution in [0.15, 0.2) is 11.1 Å². The Bertz CT molecular complexity index is 464. The summed E-state index contributed by atoms with van der Waals surface area (Å²) in [4.78, 5) is 17.1. The summed E-state index contributed by atoms with van der Waals surface area (Å²) in [7, 11) is 0. The number of halogens is 2. The van der Waals surface area contributed by atoms with E-state index in [-0.39, 0.29) is 22.5 Å². The van der Waals surface area contributed by atoms with Crippen LogP contribution in [-0.2, 0) is 4.79 Å². The highest BCUT2D eigenvalue weighted by atomic mass is 32.2. The number of thioether (sulfide) groups is 1. The number of nitrogens with zero attached hydrogens (tertiary/aromatic N) is 2. The SMILES string of the molecule is Nc1nc(SCC(=O)N2CCCC2)c(F)cc1F. The summed E-state index contributed by atoms with van der Waals surface area (Å²) in [6.07, 6.45) is 2.01. The van der Waals surface area contributed by atoms with Crippen molar-refractivity contribution in [1.82, 2.24) is 9.88 Å². The first kappa shape index (κ1) is 13.1. The highest BCUT2D eigenvalue weighted by molar-refractivity contribution is 7.99. The monoisotopic (exact) mass is 273 g/mol. The molecule has 2 rings (SSSR count).